The lowest BCUT2D eigenvalue weighted by Gasteiger charge is -2.29. The van der Waals surface area contributed by atoms with Gasteiger partial charge in [0.1, 0.15) is 24.7 Å². The van der Waals surface area contributed by atoms with E-state index in [1.807, 2.05) is 0 Å². The van der Waals surface area contributed by atoms with Crippen LogP contribution in [0.4, 0.5) is 5.69 Å². The van der Waals surface area contributed by atoms with Gasteiger partial charge in [-0.05, 0) is 42.8 Å². The molecule has 0 spiro atoms. The normalized spacial score (nSPS) is 17.7. The second kappa shape index (κ2) is 11.4. The Kier molecular flexibility index (Phi) is 8.20. The molecule has 2 aromatic carbocycles. The van der Waals surface area contributed by atoms with Crippen molar-refractivity contribution in [3.05, 3.63) is 47.0 Å². The van der Waals surface area contributed by atoms with Crippen LogP contribution in [0.1, 0.15) is 23.7 Å². The van der Waals surface area contributed by atoms with E-state index in [2.05, 4.69) is 10.6 Å². The summed E-state index contributed by atoms with van der Waals surface area (Å²) in [4.78, 5) is 38.8. The Morgan fingerprint density at radius 1 is 0.973 bits per heavy atom. The van der Waals surface area contributed by atoms with Crippen LogP contribution in [0.5, 0.6) is 11.5 Å². The number of nitrogens with zero attached hydrogens (tertiary/aromatic N) is 2. The van der Waals surface area contributed by atoms with E-state index in [-0.39, 0.29) is 49.0 Å². The lowest BCUT2D eigenvalue weighted by molar-refractivity contribution is -0.121. The molecule has 2 aliphatic heterocycles. The number of ether oxygens (including phenoxy) is 2. The lowest BCUT2D eigenvalue weighted by Crippen LogP contribution is -2.43. The van der Waals surface area contributed by atoms with Crippen molar-refractivity contribution in [1.82, 2.24) is 14.9 Å². The molecular weight excluding hydrogens is 524 g/mol. The number of carbonyl (C=O) groups is 3. The van der Waals surface area contributed by atoms with Crippen LogP contribution in [0.2, 0.25) is 5.02 Å². The van der Waals surface area contributed by atoms with Crippen molar-refractivity contribution in [2.24, 2.45) is 0 Å². The number of benzene rings is 2. The summed E-state index contributed by atoms with van der Waals surface area (Å²) in [6.07, 6.45) is 0.239. The summed E-state index contributed by atoms with van der Waals surface area (Å²) < 4.78 is 39.4. The number of hydrogen-bond donors (Lipinski definition) is 2. The summed E-state index contributed by atoms with van der Waals surface area (Å²) in [5.41, 5.74) is 0.597. The molecule has 2 heterocycles. The van der Waals surface area contributed by atoms with Crippen LogP contribution in [-0.2, 0) is 19.6 Å². The number of sulfonamides is 1. The van der Waals surface area contributed by atoms with Gasteiger partial charge in [-0.2, -0.15) is 4.31 Å². The fourth-order valence-electron chi connectivity index (χ4n) is 4.04. The summed E-state index contributed by atoms with van der Waals surface area (Å²) in [6, 6.07) is 8.93. The Morgan fingerprint density at radius 3 is 2.51 bits per heavy atom. The number of amides is 3. The van der Waals surface area contributed by atoms with Crippen molar-refractivity contribution in [1.29, 1.82) is 0 Å². The zero-order valence-corrected chi connectivity index (χ0v) is 21.7. The highest BCUT2D eigenvalue weighted by Crippen LogP contribution is 2.34. The summed E-state index contributed by atoms with van der Waals surface area (Å²) in [5.74, 6) is -0.420. The highest BCUT2D eigenvalue weighted by Gasteiger charge is 2.30. The van der Waals surface area contributed by atoms with Crippen molar-refractivity contribution in [3.63, 3.8) is 0 Å². The minimum absolute atomic E-state index is 0.0288. The first-order valence-electron chi connectivity index (χ1n) is 11.7. The third kappa shape index (κ3) is 6.14. The van der Waals surface area contributed by atoms with Gasteiger partial charge in [0.15, 0.2) is 0 Å². The van der Waals surface area contributed by atoms with E-state index in [1.165, 1.54) is 36.1 Å². The van der Waals surface area contributed by atoms with Crippen LogP contribution >= 0.6 is 11.6 Å². The van der Waals surface area contributed by atoms with Gasteiger partial charge in [-0.1, -0.05) is 11.6 Å². The third-order valence-corrected chi connectivity index (χ3v) is 7.95. The molecule has 2 aliphatic rings. The maximum absolute atomic E-state index is 13.6. The molecule has 0 saturated carbocycles. The number of carbonyl (C=O) groups excluding carboxylic acids is 3. The number of nitrogens with one attached hydrogen (secondary N) is 2. The van der Waals surface area contributed by atoms with Crippen LogP contribution in [0.25, 0.3) is 0 Å². The lowest BCUT2D eigenvalue weighted by atomic mass is 10.2. The zero-order valence-electron chi connectivity index (χ0n) is 20.2. The second-order valence-corrected chi connectivity index (χ2v) is 10.8. The maximum atomic E-state index is 13.6. The van der Waals surface area contributed by atoms with Gasteiger partial charge in [0.25, 0.3) is 5.91 Å². The van der Waals surface area contributed by atoms with E-state index >= 15 is 0 Å². The maximum Gasteiger partial charge on any atom is 0.255 e. The quantitative estimate of drug-likeness (QED) is 0.577. The Bertz CT molecular complexity index is 1320. The van der Waals surface area contributed by atoms with Gasteiger partial charge in [0.2, 0.25) is 21.8 Å². The molecule has 2 N–H and O–H groups in total. The highest BCUT2D eigenvalue weighted by molar-refractivity contribution is 7.89. The molecular formula is C24H27ClN4O7S. The Hall–Kier alpha value is -3.35. The number of anilines is 1. The topological polar surface area (TPSA) is 134 Å². The predicted molar refractivity (Wildman–Crippen MR) is 136 cm³/mol. The first-order valence-corrected chi connectivity index (χ1v) is 13.5. The molecule has 3 amide bonds. The molecule has 4 rings (SSSR count). The van der Waals surface area contributed by atoms with E-state index in [1.54, 1.807) is 12.1 Å². The van der Waals surface area contributed by atoms with Crippen LogP contribution in [-0.4, -0.2) is 76.4 Å². The standard InChI is InChI=1S/C24H27ClN4O7S/c1-16(30)29-10-12-36-22-6-4-18(14-20(22)29)37(33,34)28-9-2-7-27-24(32)19-13-17(25)3-5-21(19)35-11-8-26-23(31)15-28/h3-6,13-14H,2,7-12,15H2,1H3,(H,26,31)(H,27,32). The smallest absolute Gasteiger partial charge is 0.255 e. The summed E-state index contributed by atoms with van der Waals surface area (Å²) in [5, 5.41) is 5.75. The average molecular weight is 551 g/mol. The van der Waals surface area contributed by atoms with Gasteiger partial charge < -0.3 is 25.0 Å². The molecule has 0 bridgehead atoms. The summed E-state index contributed by atoms with van der Waals surface area (Å²) >= 11 is 6.04. The first kappa shape index (κ1) is 26.7. The fourth-order valence-corrected chi connectivity index (χ4v) is 5.67. The van der Waals surface area contributed by atoms with Gasteiger partial charge in [-0.25, -0.2) is 8.42 Å². The van der Waals surface area contributed by atoms with Gasteiger partial charge in [-0.15, -0.1) is 0 Å². The first-order chi connectivity index (χ1) is 17.7. The molecule has 0 unspecified atom stereocenters. The molecule has 11 nitrogen and oxygen atoms in total. The minimum Gasteiger partial charge on any atom is -0.491 e. The molecule has 198 valence electrons. The highest BCUT2D eigenvalue weighted by atomic mass is 35.5. The Morgan fingerprint density at radius 2 is 1.73 bits per heavy atom. The van der Waals surface area contributed by atoms with Crippen molar-refractivity contribution in [2.45, 2.75) is 18.2 Å². The van der Waals surface area contributed by atoms with Crippen LogP contribution in [0, 0.1) is 0 Å². The van der Waals surface area contributed by atoms with Crippen LogP contribution < -0.4 is 25.0 Å². The molecule has 13 heteroatoms. The zero-order chi connectivity index (χ0) is 26.6. The van der Waals surface area contributed by atoms with Crippen molar-refractivity contribution in [2.75, 3.05) is 50.8 Å². The molecule has 0 aliphatic carbocycles. The summed E-state index contributed by atoms with van der Waals surface area (Å²) in [6.45, 7) is 1.85. The van der Waals surface area contributed by atoms with E-state index in [4.69, 9.17) is 21.1 Å². The number of halogens is 1. The van der Waals surface area contributed by atoms with Gasteiger partial charge in [0, 0.05) is 25.0 Å². The Labute approximate surface area is 219 Å². The second-order valence-electron chi connectivity index (χ2n) is 8.44. The SMILES string of the molecule is CC(=O)N1CCOc2ccc(S(=O)(=O)N3CCCNC(=O)c4cc(Cl)ccc4OCCNC(=O)C3)cc21. The molecule has 0 atom stereocenters. The fraction of sp³-hybridized carbons (Fsp3) is 0.375. The molecule has 37 heavy (non-hydrogen) atoms. The number of hydrogen-bond acceptors (Lipinski definition) is 7. The van der Waals surface area contributed by atoms with Crippen LogP contribution in [0.15, 0.2) is 41.3 Å². The third-order valence-electron chi connectivity index (χ3n) is 5.87. The molecule has 0 fully saturated rings. The van der Waals surface area contributed by atoms with Crippen LogP contribution in [0.3, 0.4) is 0 Å². The van der Waals surface area contributed by atoms with Gasteiger partial charge >= 0.3 is 0 Å². The van der Waals surface area contributed by atoms with Gasteiger partial charge in [0.05, 0.1) is 35.8 Å². The minimum atomic E-state index is -4.13. The predicted octanol–water partition coefficient (Wildman–Crippen LogP) is 1.40. The van der Waals surface area contributed by atoms with E-state index in [0.29, 0.717) is 35.4 Å². The average Bonchev–Trinajstić information content (AvgIpc) is 2.87. The molecule has 0 saturated heterocycles. The monoisotopic (exact) mass is 550 g/mol. The van der Waals surface area contributed by atoms with E-state index in [0.717, 1.165) is 4.31 Å². The van der Waals surface area contributed by atoms with Crippen molar-refractivity contribution in [3.8, 4) is 11.5 Å². The van der Waals surface area contributed by atoms with E-state index in [9.17, 15) is 22.8 Å². The van der Waals surface area contributed by atoms with E-state index < -0.39 is 28.4 Å². The summed E-state index contributed by atoms with van der Waals surface area (Å²) in [7, 11) is -4.13. The number of rotatable bonds is 2. The molecule has 2 aromatic rings. The molecule has 0 aromatic heterocycles. The molecule has 0 radical (unpaired) electrons. The van der Waals surface area contributed by atoms with Crippen molar-refractivity contribution < 1.29 is 32.3 Å². The largest absolute Gasteiger partial charge is 0.491 e. The Balaban J connectivity index is 1.57. The van der Waals surface area contributed by atoms with Gasteiger partial charge in [-0.3, -0.25) is 14.4 Å². The van der Waals surface area contributed by atoms with Crippen molar-refractivity contribution >= 4 is 45.0 Å². The number of fused-ring (bicyclic) bond motifs is 2.